The van der Waals surface area contributed by atoms with Gasteiger partial charge in [-0.05, 0) is 24.7 Å². The van der Waals surface area contributed by atoms with E-state index in [1.54, 1.807) is 18.3 Å². The molecule has 1 N–H and O–H groups in total. The minimum atomic E-state index is -0.247. The van der Waals surface area contributed by atoms with Crippen LogP contribution in [0.25, 0.3) is 0 Å². The average molecular weight is 348 g/mol. The number of nitrogens with one attached hydrogen (secondary N) is 1. The third kappa shape index (κ3) is 4.66. The summed E-state index contributed by atoms with van der Waals surface area (Å²) < 4.78 is 12.9. The predicted molar refractivity (Wildman–Crippen MR) is 93.6 cm³/mol. The standard InChI is InChI=1S/C17H21FN4OS/c1-21-6-8-22(9-7-21)11-14-10-19-17(20-16(14)23)24-12-13-2-4-15(18)5-3-13/h2-5,10H,6-9,11-12H2,1H3,(H,19,20,23). The lowest BCUT2D eigenvalue weighted by Crippen LogP contribution is -2.44. The summed E-state index contributed by atoms with van der Waals surface area (Å²) in [5.41, 5.74) is 1.61. The lowest BCUT2D eigenvalue weighted by Gasteiger charge is -2.32. The highest BCUT2D eigenvalue weighted by Crippen LogP contribution is 2.18. The molecule has 24 heavy (non-hydrogen) atoms. The van der Waals surface area contributed by atoms with Crippen molar-refractivity contribution in [3.05, 3.63) is 57.8 Å². The highest BCUT2D eigenvalue weighted by molar-refractivity contribution is 7.98. The van der Waals surface area contributed by atoms with Gasteiger partial charge in [-0.3, -0.25) is 9.69 Å². The van der Waals surface area contributed by atoms with Gasteiger partial charge in [0.05, 0.1) is 0 Å². The molecule has 7 heteroatoms. The van der Waals surface area contributed by atoms with Crippen LogP contribution in [0, 0.1) is 5.82 Å². The Balaban J connectivity index is 1.58. The van der Waals surface area contributed by atoms with Crippen molar-refractivity contribution in [1.29, 1.82) is 0 Å². The van der Waals surface area contributed by atoms with E-state index in [9.17, 15) is 9.18 Å². The zero-order chi connectivity index (χ0) is 16.9. The minimum Gasteiger partial charge on any atom is -0.304 e. The fourth-order valence-electron chi connectivity index (χ4n) is 2.57. The Morgan fingerprint density at radius 3 is 2.58 bits per heavy atom. The van der Waals surface area contributed by atoms with Crippen molar-refractivity contribution < 1.29 is 4.39 Å². The Labute approximate surface area is 144 Å². The highest BCUT2D eigenvalue weighted by Gasteiger charge is 2.15. The van der Waals surface area contributed by atoms with Crippen molar-refractivity contribution in [2.45, 2.75) is 17.5 Å². The van der Waals surface area contributed by atoms with Crippen molar-refractivity contribution in [2.75, 3.05) is 33.2 Å². The number of thioether (sulfide) groups is 1. The number of rotatable bonds is 5. The molecule has 5 nitrogen and oxygen atoms in total. The van der Waals surface area contributed by atoms with Gasteiger partial charge >= 0.3 is 0 Å². The summed E-state index contributed by atoms with van der Waals surface area (Å²) in [6.07, 6.45) is 1.67. The van der Waals surface area contributed by atoms with Gasteiger partial charge in [-0.15, -0.1) is 0 Å². The molecule has 1 aromatic carbocycles. The van der Waals surface area contributed by atoms with Crippen LogP contribution in [0.1, 0.15) is 11.1 Å². The molecule has 0 radical (unpaired) electrons. The summed E-state index contributed by atoms with van der Waals surface area (Å²) in [6, 6.07) is 6.35. The molecule has 1 fully saturated rings. The molecule has 2 aromatic rings. The molecule has 1 aliphatic heterocycles. The molecule has 0 aliphatic carbocycles. The Hall–Kier alpha value is -1.70. The maximum atomic E-state index is 12.9. The number of piperazine rings is 1. The number of aromatic nitrogens is 2. The van der Waals surface area contributed by atoms with Gasteiger partial charge in [0.15, 0.2) is 5.16 Å². The maximum Gasteiger partial charge on any atom is 0.256 e. The molecule has 1 aliphatic rings. The average Bonchev–Trinajstić information content (AvgIpc) is 2.58. The van der Waals surface area contributed by atoms with Gasteiger partial charge in [0.1, 0.15) is 5.82 Å². The predicted octanol–water partition coefficient (Wildman–Crippen LogP) is 1.95. The molecule has 0 spiro atoms. The molecule has 1 aromatic heterocycles. The number of hydrogen-bond donors (Lipinski definition) is 1. The number of benzene rings is 1. The van der Waals surface area contributed by atoms with Crippen molar-refractivity contribution >= 4 is 11.8 Å². The lowest BCUT2D eigenvalue weighted by atomic mass is 10.2. The van der Waals surface area contributed by atoms with Crippen LogP contribution in [-0.4, -0.2) is 53.0 Å². The van der Waals surface area contributed by atoms with Crippen LogP contribution in [0.5, 0.6) is 0 Å². The molecule has 0 amide bonds. The number of H-pyrrole nitrogens is 1. The molecule has 0 unspecified atom stereocenters. The second kappa shape index (κ2) is 7.92. The summed E-state index contributed by atoms with van der Waals surface area (Å²) in [7, 11) is 2.11. The molecule has 3 rings (SSSR count). The Morgan fingerprint density at radius 2 is 1.92 bits per heavy atom. The fraction of sp³-hybridized carbons (Fsp3) is 0.412. The van der Waals surface area contributed by atoms with Crippen molar-refractivity contribution in [1.82, 2.24) is 19.8 Å². The van der Waals surface area contributed by atoms with Gasteiger partial charge in [-0.1, -0.05) is 23.9 Å². The zero-order valence-corrected chi connectivity index (χ0v) is 14.5. The SMILES string of the molecule is CN1CCN(Cc2cnc(SCc3ccc(F)cc3)[nH]c2=O)CC1. The highest BCUT2D eigenvalue weighted by atomic mass is 32.2. The third-order valence-electron chi connectivity index (χ3n) is 4.13. The van der Waals surface area contributed by atoms with Crippen LogP contribution in [0.15, 0.2) is 40.4 Å². The van der Waals surface area contributed by atoms with Crippen molar-refractivity contribution in [2.24, 2.45) is 0 Å². The number of hydrogen-bond acceptors (Lipinski definition) is 5. The van der Waals surface area contributed by atoms with Crippen LogP contribution < -0.4 is 5.56 Å². The van der Waals surface area contributed by atoms with Gasteiger partial charge in [0.25, 0.3) is 5.56 Å². The van der Waals surface area contributed by atoms with Crippen LogP contribution >= 0.6 is 11.8 Å². The largest absolute Gasteiger partial charge is 0.304 e. The summed E-state index contributed by atoms with van der Waals surface area (Å²) in [6.45, 7) is 4.63. The van der Waals surface area contributed by atoms with Crippen LogP contribution in [-0.2, 0) is 12.3 Å². The van der Waals surface area contributed by atoms with E-state index in [2.05, 4.69) is 26.8 Å². The van der Waals surface area contributed by atoms with E-state index >= 15 is 0 Å². The first kappa shape index (κ1) is 17.1. The van der Waals surface area contributed by atoms with Gasteiger partial charge in [0.2, 0.25) is 0 Å². The van der Waals surface area contributed by atoms with Crippen molar-refractivity contribution in [3.8, 4) is 0 Å². The number of likely N-dealkylation sites (N-methyl/N-ethyl adjacent to an activating group) is 1. The van der Waals surface area contributed by atoms with Gasteiger partial charge in [-0.25, -0.2) is 9.37 Å². The first-order valence-electron chi connectivity index (χ1n) is 7.96. The second-order valence-corrected chi connectivity index (χ2v) is 7.00. The van der Waals surface area contributed by atoms with E-state index < -0.39 is 0 Å². The molecular weight excluding hydrogens is 327 g/mol. The number of nitrogens with zero attached hydrogens (tertiary/aromatic N) is 3. The van der Waals surface area contributed by atoms with Crippen molar-refractivity contribution in [3.63, 3.8) is 0 Å². The molecule has 128 valence electrons. The Bertz CT molecular complexity index is 726. The first-order chi connectivity index (χ1) is 11.6. The smallest absolute Gasteiger partial charge is 0.256 e. The Morgan fingerprint density at radius 1 is 1.21 bits per heavy atom. The molecule has 0 saturated carbocycles. The fourth-order valence-corrected chi connectivity index (χ4v) is 3.36. The van der Waals surface area contributed by atoms with E-state index in [1.165, 1.54) is 23.9 Å². The Kier molecular flexibility index (Phi) is 5.65. The van der Waals surface area contributed by atoms with E-state index in [0.717, 1.165) is 31.7 Å². The topological polar surface area (TPSA) is 52.2 Å². The summed E-state index contributed by atoms with van der Waals surface area (Å²) in [5.74, 6) is 0.393. The lowest BCUT2D eigenvalue weighted by molar-refractivity contribution is 0.147. The maximum absolute atomic E-state index is 12.9. The first-order valence-corrected chi connectivity index (χ1v) is 8.95. The molecule has 1 saturated heterocycles. The van der Waals surface area contributed by atoms with E-state index in [4.69, 9.17) is 0 Å². The number of aromatic amines is 1. The van der Waals surface area contributed by atoms with E-state index in [0.29, 0.717) is 23.0 Å². The van der Waals surface area contributed by atoms with Crippen LogP contribution in [0.4, 0.5) is 4.39 Å². The zero-order valence-electron chi connectivity index (χ0n) is 13.7. The summed E-state index contributed by atoms with van der Waals surface area (Å²) in [4.78, 5) is 24.0. The summed E-state index contributed by atoms with van der Waals surface area (Å²) >= 11 is 1.44. The normalized spacial score (nSPS) is 16.4. The molecule has 0 atom stereocenters. The van der Waals surface area contributed by atoms with Gasteiger partial charge in [0, 0.05) is 50.2 Å². The quantitative estimate of drug-likeness (QED) is 0.661. The third-order valence-corrected chi connectivity index (χ3v) is 5.09. The second-order valence-electron chi connectivity index (χ2n) is 6.04. The molecule has 0 bridgehead atoms. The minimum absolute atomic E-state index is 0.0782. The molecule has 2 heterocycles. The van der Waals surface area contributed by atoms with Crippen LogP contribution in [0.3, 0.4) is 0 Å². The summed E-state index contributed by atoms with van der Waals surface area (Å²) in [5, 5.41) is 0.589. The molecular formula is C17H21FN4OS. The van der Waals surface area contributed by atoms with Gasteiger partial charge in [-0.2, -0.15) is 0 Å². The number of halogens is 1. The van der Waals surface area contributed by atoms with Crippen LogP contribution in [0.2, 0.25) is 0 Å². The van der Waals surface area contributed by atoms with Gasteiger partial charge < -0.3 is 9.88 Å². The van der Waals surface area contributed by atoms with E-state index in [1.807, 2.05) is 0 Å². The van der Waals surface area contributed by atoms with E-state index in [-0.39, 0.29) is 11.4 Å². The monoisotopic (exact) mass is 348 g/mol.